The molecule has 0 bridgehead atoms. The van der Waals surface area contributed by atoms with Crippen molar-refractivity contribution in [3.63, 3.8) is 0 Å². The molecule has 13 aromatic carbocycles. The van der Waals surface area contributed by atoms with Gasteiger partial charge in [-0.3, -0.25) is 0 Å². The standard InChI is InChI=1S/C96H96N2/c1-8-11-13-15-17-19-25-72-33-39-76(40-34-72)79-45-56-85(57-46-79)97(84-54-43-78(44-55-84)75-37-31-68(4)32-38-75)86-62-51-82(52-63-86)90-64-53-83(67-74(90)10-3)81-49-60-88(61-50-81)98(87-58-47-80(48-59-87)77-41-35-73(36-42-77)26-20-18-16-14-12-9-2)94-66-71(7)96(93-30-24-22-28-91(93)94)95-70(6)65-69(5)89-27-21-23-29-92(89)95/h21-24,27-67H,8-20,25-26H2,1-7H3. The van der Waals surface area contributed by atoms with Gasteiger partial charge in [0.05, 0.1) is 5.69 Å². The first-order valence-corrected chi connectivity index (χ1v) is 36.6. The van der Waals surface area contributed by atoms with E-state index in [0.717, 1.165) is 53.4 Å². The Hall–Kier alpha value is -10.0. The highest BCUT2D eigenvalue weighted by atomic mass is 15.1. The van der Waals surface area contributed by atoms with Gasteiger partial charge in [-0.2, -0.15) is 0 Å². The first kappa shape index (κ1) is 66.6. The normalized spacial score (nSPS) is 11.4. The summed E-state index contributed by atoms with van der Waals surface area (Å²) in [6, 6.07) is 103. The molecule has 0 heterocycles. The van der Waals surface area contributed by atoms with E-state index in [2.05, 4.69) is 331 Å². The maximum Gasteiger partial charge on any atom is 0.0543 e. The molecule has 0 N–H and O–H groups in total. The number of rotatable bonds is 27. The average molecular weight is 1280 g/mol. The Morgan fingerprint density at radius 1 is 0.255 bits per heavy atom. The number of fused-ring (bicyclic) bond motifs is 2. The highest BCUT2D eigenvalue weighted by molar-refractivity contribution is 6.13. The summed E-state index contributed by atoms with van der Waals surface area (Å²) in [5.41, 5.74) is 30.9. The fourth-order valence-electron chi connectivity index (χ4n) is 15.0. The van der Waals surface area contributed by atoms with E-state index in [4.69, 9.17) is 0 Å². The fourth-order valence-corrected chi connectivity index (χ4v) is 15.0. The summed E-state index contributed by atoms with van der Waals surface area (Å²) in [7, 11) is 0. The molecule has 0 spiro atoms. The van der Waals surface area contributed by atoms with E-state index < -0.39 is 0 Å². The molecule has 0 fully saturated rings. The second kappa shape index (κ2) is 31.5. The third-order valence-electron chi connectivity index (χ3n) is 20.5. The van der Waals surface area contributed by atoms with Crippen LogP contribution >= 0.6 is 0 Å². The maximum absolute atomic E-state index is 2.48. The van der Waals surface area contributed by atoms with Crippen LogP contribution in [0.5, 0.6) is 0 Å². The van der Waals surface area contributed by atoms with Crippen LogP contribution in [0.3, 0.4) is 0 Å². The predicted octanol–water partition coefficient (Wildman–Crippen LogP) is 28.5. The van der Waals surface area contributed by atoms with Crippen LogP contribution < -0.4 is 9.80 Å². The molecule has 490 valence electrons. The molecule has 98 heavy (non-hydrogen) atoms. The third kappa shape index (κ3) is 15.1. The van der Waals surface area contributed by atoms with E-state index in [1.165, 1.54) is 204 Å². The molecule has 0 aliphatic carbocycles. The van der Waals surface area contributed by atoms with E-state index in [-0.39, 0.29) is 0 Å². The lowest BCUT2D eigenvalue weighted by Gasteiger charge is -2.29. The van der Waals surface area contributed by atoms with Crippen LogP contribution in [0.4, 0.5) is 34.1 Å². The summed E-state index contributed by atoms with van der Waals surface area (Å²) in [4.78, 5) is 4.87. The largest absolute Gasteiger partial charge is 0.311 e. The smallest absolute Gasteiger partial charge is 0.0543 e. The Bertz CT molecular complexity index is 4770. The van der Waals surface area contributed by atoms with Gasteiger partial charge in [-0.05, 0) is 243 Å². The number of hydrogen-bond donors (Lipinski definition) is 0. The molecule has 2 heteroatoms. The monoisotopic (exact) mass is 1280 g/mol. The molecule has 0 amide bonds. The number of hydrogen-bond acceptors (Lipinski definition) is 2. The van der Waals surface area contributed by atoms with Gasteiger partial charge in [0, 0.05) is 33.8 Å². The molecule has 0 saturated carbocycles. The maximum atomic E-state index is 2.48. The highest BCUT2D eigenvalue weighted by Crippen LogP contribution is 2.48. The number of aryl methyl sites for hydroxylation is 7. The first-order valence-electron chi connectivity index (χ1n) is 36.6. The van der Waals surface area contributed by atoms with E-state index in [1.54, 1.807) is 0 Å². The lowest BCUT2D eigenvalue weighted by atomic mass is 9.86. The van der Waals surface area contributed by atoms with Gasteiger partial charge < -0.3 is 9.80 Å². The molecule has 0 aliphatic rings. The number of anilines is 6. The van der Waals surface area contributed by atoms with Crippen molar-refractivity contribution in [1.82, 2.24) is 0 Å². The zero-order chi connectivity index (χ0) is 67.3. The lowest BCUT2D eigenvalue weighted by Crippen LogP contribution is -2.11. The van der Waals surface area contributed by atoms with Crippen molar-refractivity contribution < 1.29 is 0 Å². The minimum absolute atomic E-state index is 0.907. The van der Waals surface area contributed by atoms with Gasteiger partial charge in [0.25, 0.3) is 0 Å². The first-order chi connectivity index (χ1) is 48.1. The van der Waals surface area contributed by atoms with Crippen molar-refractivity contribution in [3.8, 4) is 66.8 Å². The van der Waals surface area contributed by atoms with Crippen molar-refractivity contribution in [2.45, 2.75) is 145 Å². The Morgan fingerprint density at radius 2 is 0.592 bits per heavy atom. The van der Waals surface area contributed by atoms with E-state index in [0.29, 0.717) is 0 Å². The minimum atomic E-state index is 0.907. The van der Waals surface area contributed by atoms with Gasteiger partial charge in [-0.1, -0.05) is 297 Å². The molecule has 0 aliphatic heterocycles. The van der Waals surface area contributed by atoms with Crippen LogP contribution in [-0.4, -0.2) is 0 Å². The lowest BCUT2D eigenvalue weighted by molar-refractivity contribution is 0.607. The average Bonchev–Trinajstić information content (AvgIpc) is 0.739. The molecular formula is C96H96N2. The summed E-state index contributed by atoms with van der Waals surface area (Å²) in [5, 5.41) is 5.07. The molecule has 0 aromatic heterocycles. The molecule has 0 saturated heterocycles. The van der Waals surface area contributed by atoms with Gasteiger partial charge >= 0.3 is 0 Å². The van der Waals surface area contributed by atoms with Gasteiger partial charge in [0.15, 0.2) is 0 Å². The Balaban J connectivity index is 0.797. The van der Waals surface area contributed by atoms with Crippen LogP contribution in [0.2, 0.25) is 0 Å². The molecule has 0 unspecified atom stereocenters. The van der Waals surface area contributed by atoms with Gasteiger partial charge in [0.1, 0.15) is 0 Å². The van der Waals surface area contributed by atoms with Crippen LogP contribution in [0.1, 0.15) is 137 Å². The van der Waals surface area contributed by atoms with Gasteiger partial charge in [-0.25, -0.2) is 0 Å². The molecule has 0 atom stereocenters. The summed E-state index contributed by atoms with van der Waals surface area (Å²) in [6.45, 7) is 15.8. The molecular weight excluding hydrogens is 1180 g/mol. The molecule has 2 nitrogen and oxygen atoms in total. The Kier molecular flexibility index (Phi) is 21.4. The van der Waals surface area contributed by atoms with E-state index in [9.17, 15) is 0 Å². The Labute approximate surface area is 585 Å². The highest BCUT2D eigenvalue weighted by Gasteiger charge is 2.23. The van der Waals surface area contributed by atoms with Crippen molar-refractivity contribution in [1.29, 1.82) is 0 Å². The topological polar surface area (TPSA) is 6.48 Å². The van der Waals surface area contributed by atoms with E-state index >= 15 is 0 Å². The van der Waals surface area contributed by atoms with Crippen molar-refractivity contribution >= 4 is 55.7 Å². The second-order valence-electron chi connectivity index (χ2n) is 27.5. The van der Waals surface area contributed by atoms with Crippen LogP contribution in [-0.2, 0) is 19.3 Å². The molecule has 13 aromatic rings. The van der Waals surface area contributed by atoms with Crippen molar-refractivity contribution in [3.05, 3.63) is 312 Å². The zero-order valence-electron chi connectivity index (χ0n) is 59.0. The number of benzene rings is 13. The quantitative estimate of drug-likeness (QED) is 0.0474. The summed E-state index contributed by atoms with van der Waals surface area (Å²) in [6.07, 6.45) is 19.0. The minimum Gasteiger partial charge on any atom is -0.311 e. The van der Waals surface area contributed by atoms with E-state index in [1.807, 2.05) is 0 Å². The van der Waals surface area contributed by atoms with Crippen LogP contribution in [0, 0.1) is 27.7 Å². The van der Waals surface area contributed by atoms with Gasteiger partial charge in [-0.15, -0.1) is 0 Å². The number of nitrogens with zero attached hydrogens (tertiary/aromatic N) is 2. The van der Waals surface area contributed by atoms with Crippen LogP contribution in [0.15, 0.2) is 273 Å². The fraction of sp³-hybridized carbons (Fsp3) is 0.229. The van der Waals surface area contributed by atoms with Gasteiger partial charge in [0.2, 0.25) is 0 Å². The number of unbranched alkanes of at least 4 members (excludes halogenated alkanes) is 10. The molecule has 0 radical (unpaired) electrons. The summed E-state index contributed by atoms with van der Waals surface area (Å²) >= 11 is 0. The van der Waals surface area contributed by atoms with Crippen molar-refractivity contribution in [2.24, 2.45) is 0 Å². The summed E-state index contributed by atoms with van der Waals surface area (Å²) < 4.78 is 0. The third-order valence-corrected chi connectivity index (χ3v) is 20.5. The SMILES string of the molecule is CCCCCCCCc1ccc(-c2ccc(N(c3ccc(-c4ccc(C)cc4)cc3)c3ccc(-c4ccc(-c5ccc(N(c6ccc(-c7ccc(CCCCCCCC)cc7)cc6)c6cc(C)c(-c7c(C)cc(C)c8ccccc78)c7ccccc67)cc5)cc4CC)cc3)cc2)cc1. The second-order valence-corrected chi connectivity index (χ2v) is 27.5. The summed E-state index contributed by atoms with van der Waals surface area (Å²) in [5.74, 6) is 0. The predicted molar refractivity (Wildman–Crippen MR) is 426 cm³/mol. The Morgan fingerprint density at radius 3 is 1.03 bits per heavy atom. The molecule has 13 rings (SSSR count). The van der Waals surface area contributed by atoms with Crippen molar-refractivity contribution in [2.75, 3.05) is 9.80 Å². The zero-order valence-corrected chi connectivity index (χ0v) is 59.0. The van der Waals surface area contributed by atoms with Crippen LogP contribution in [0.25, 0.3) is 88.3 Å².